The zero-order valence-electron chi connectivity index (χ0n) is 10.5. The lowest BCUT2D eigenvalue weighted by Gasteiger charge is -2.06. The number of hydrogen-bond acceptors (Lipinski definition) is 3. The number of hydrogen-bond donors (Lipinski definition) is 2. The van der Waals surface area contributed by atoms with Crippen molar-refractivity contribution in [2.75, 3.05) is 5.32 Å². The minimum absolute atomic E-state index is 0.226. The van der Waals surface area contributed by atoms with Crippen LogP contribution in [0.2, 0.25) is 0 Å². The van der Waals surface area contributed by atoms with Crippen molar-refractivity contribution in [3.05, 3.63) is 70.8 Å². The van der Waals surface area contributed by atoms with E-state index in [1.165, 1.54) is 12.1 Å². The zero-order chi connectivity index (χ0) is 13.9. The number of nitrogens with zero attached hydrogens (tertiary/aromatic N) is 1. The number of benzene rings is 1. The van der Waals surface area contributed by atoms with Gasteiger partial charge in [-0.2, -0.15) is 0 Å². The monoisotopic (exact) mass is 265 g/mol. The van der Waals surface area contributed by atoms with Crippen LogP contribution in [0, 0.1) is 0 Å². The summed E-state index contributed by atoms with van der Waals surface area (Å²) in [5.41, 5.74) is 1.43. The molecule has 0 unspecified atom stereocenters. The third-order valence-electron chi connectivity index (χ3n) is 2.87. The Balaban J connectivity index is 1.89. The third-order valence-corrected chi connectivity index (χ3v) is 2.87. The number of pyridine rings is 2. The van der Waals surface area contributed by atoms with Crippen molar-refractivity contribution in [1.82, 2.24) is 9.97 Å². The highest BCUT2D eigenvalue weighted by molar-refractivity contribution is 6.03. The minimum atomic E-state index is -0.356. The highest BCUT2D eigenvalue weighted by Crippen LogP contribution is 2.17. The van der Waals surface area contributed by atoms with Crippen molar-refractivity contribution >= 4 is 22.5 Å². The molecule has 1 amide bonds. The van der Waals surface area contributed by atoms with Gasteiger partial charge in [-0.25, -0.2) is 0 Å². The number of anilines is 1. The maximum Gasteiger partial charge on any atom is 0.272 e. The maximum atomic E-state index is 12.0. The van der Waals surface area contributed by atoms with E-state index >= 15 is 0 Å². The summed E-state index contributed by atoms with van der Waals surface area (Å²) in [4.78, 5) is 29.9. The Hall–Kier alpha value is -2.95. The lowest BCUT2D eigenvalue weighted by molar-refractivity contribution is 0.102. The molecule has 0 atom stereocenters. The van der Waals surface area contributed by atoms with E-state index in [9.17, 15) is 9.59 Å². The van der Waals surface area contributed by atoms with Gasteiger partial charge in [0.1, 0.15) is 5.69 Å². The number of fused-ring (bicyclic) bond motifs is 1. The second kappa shape index (κ2) is 4.97. The lowest BCUT2D eigenvalue weighted by Crippen LogP contribution is -2.17. The summed E-state index contributed by atoms with van der Waals surface area (Å²) in [7, 11) is 0. The van der Waals surface area contributed by atoms with Gasteiger partial charge in [0, 0.05) is 23.3 Å². The first kappa shape index (κ1) is 12.1. The van der Waals surface area contributed by atoms with E-state index in [1.807, 2.05) is 24.3 Å². The first-order chi connectivity index (χ1) is 9.72. The Labute approximate surface area is 114 Å². The van der Waals surface area contributed by atoms with Crippen molar-refractivity contribution in [2.24, 2.45) is 0 Å². The van der Waals surface area contributed by atoms with E-state index < -0.39 is 0 Å². The van der Waals surface area contributed by atoms with Gasteiger partial charge < -0.3 is 10.3 Å². The quantitative estimate of drug-likeness (QED) is 0.745. The number of H-pyrrole nitrogens is 1. The highest BCUT2D eigenvalue weighted by Gasteiger charge is 2.07. The molecule has 98 valence electrons. The number of nitrogens with one attached hydrogen (secondary N) is 2. The van der Waals surface area contributed by atoms with Crippen LogP contribution in [0.5, 0.6) is 0 Å². The van der Waals surface area contributed by atoms with Gasteiger partial charge in [-0.05, 0) is 30.3 Å². The van der Waals surface area contributed by atoms with E-state index in [4.69, 9.17) is 0 Å². The summed E-state index contributed by atoms with van der Waals surface area (Å²) >= 11 is 0. The van der Waals surface area contributed by atoms with Crippen LogP contribution in [0.3, 0.4) is 0 Å². The van der Waals surface area contributed by atoms with Crippen LogP contribution < -0.4 is 10.9 Å². The Kier molecular flexibility index (Phi) is 3.01. The fourth-order valence-corrected chi connectivity index (χ4v) is 1.93. The molecule has 0 spiro atoms. The molecule has 0 aliphatic rings. The molecule has 0 bridgehead atoms. The number of aromatic amines is 1. The summed E-state index contributed by atoms with van der Waals surface area (Å²) in [6.07, 6.45) is 1.72. The summed E-state index contributed by atoms with van der Waals surface area (Å²) in [5.74, 6) is -0.356. The van der Waals surface area contributed by atoms with Crippen molar-refractivity contribution in [3.63, 3.8) is 0 Å². The van der Waals surface area contributed by atoms with E-state index in [1.54, 1.807) is 18.3 Å². The molecule has 0 aliphatic heterocycles. The average molecular weight is 265 g/mol. The smallest absolute Gasteiger partial charge is 0.272 e. The molecule has 2 aromatic heterocycles. The maximum absolute atomic E-state index is 12.0. The fourth-order valence-electron chi connectivity index (χ4n) is 1.93. The Morgan fingerprint density at radius 3 is 2.85 bits per heavy atom. The Morgan fingerprint density at radius 2 is 2.00 bits per heavy atom. The average Bonchev–Trinajstić information content (AvgIpc) is 2.47. The molecule has 0 aliphatic carbocycles. The highest BCUT2D eigenvalue weighted by atomic mass is 16.2. The first-order valence-electron chi connectivity index (χ1n) is 6.08. The molecule has 3 rings (SSSR count). The van der Waals surface area contributed by atoms with Crippen molar-refractivity contribution in [2.45, 2.75) is 0 Å². The number of amides is 1. The van der Waals surface area contributed by atoms with E-state index in [2.05, 4.69) is 15.3 Å². The van der Waals surface area contributed by atoms with Gasteiger partial charge in [0.15, 0.2) is 0 Å². The standard InChI is InChI=1S/C15H11N3O2/c19-14-5-1-4-13(18-14)15(20)17-11-6-7-12-10(9-11)3-2-8-16-12/h1-9H,(H,17,20)(H,18,19). The summed E-state index contributed by atoms with van der Waals surface area (Å²) in [5, 5.41) is 3.68. The van der Waals surface area contributed by atoms with Crippen LogP contribution in [-0.2, 0) is 0 Å². The van der Waals surface area contributed by atoms with Crippen LogP contribution in [0.15, 0.2) is 59.5 Å². The van der Waals surface area contributed by atoms with Gasteiger partial charge in [-0.1, -0.05) is 12.1 Å². The predicted octanol–water partition coefficient (Wildman–Crippen LogP) is 2.18. The fraction of sp³-hybridized carbons (Fsp3) is 0. The van der Waals surface area contributed by atoms with Crippen LogP contribution in [0.25, 0.3) is 10.9 Å². The summed E-state index contributed by atoms with van der Waals surface area (Å²) < 4.78 is 0. The Bertz CT molecular complexity index is 839. The zero-order valence-corrected chi connectivity index (χ0v) is 10.5. The number of aromatic nitrogens is 2. The number of rotatable bonds is 2. The molecule has 5 nitrogen and oxygen atoms in total. The third kappa shape index (κ3) is 2.42. The van der Waals surface area contributed by atoms with Crippen molar-refractivity contribution in [1.29, 1.82) is 0 Å². The van der Waals surface area contributed by atoms with Crippen molar-refractivity contribution < 1.29 is 4.79 Å². The molecule has 20 heavy (non-hydrogen) atoms. The van der Waals surface area contributed by atoms with E-state index in [-0.39, 0.29) is 17.2 Å². The molecule has 2 N–H and O–H groups in total. The largest absolute Gasteiger partial charge is 0.321 e. The molecular formula is C15H11N3O2. The first-order valence-corrected chi connectivity index (χ1v) is 6.08. The molecule has 2 heterocycles. The second-order valence-electron chi connectivity index (χ2n) is 4.29. The van der Waals surface area contributed by atoms with Crippen LogP contribution in [0.1, 0.15) is 10.5 Å². The summed E-state index contributed by atoms with van der Waals surface area (Å²) in [6, 6.07) is 13.6. The van der Waals surface area contributed by atoms with E-state index in [0.717, 1.165) is 10.9 Å². The Morgan fingerprint density at radius 1 is 1.10 bits per heavy atom. The van der Waals surface area contributed by atoms with Gasteiger partial charge in [-0.15, -0.1) is 0 Å². The lowest BCUT2D eigenvalue weighted by atomic mass is 10.2. The summed E-state index contributed by atoms with van der Waals surface area (Å²) in [6.45, 7) is 0. The van der Waals surface area contributed by atoms with Crippen LogP contribution in [0.4, 0.5) is 5.69 Å². The minimum Gasteiger partial charge on any atom is -0.321 e. The van der Waals surface area contributed by atoms with Gasteiger partial charge in [0.05, 0.1) is 5.52 Å². The SMILES string of the molecule is O=C(Nc1ccc2ncccc2c1)c1cccc(=O)[nH]1. The van der Waals surface area contributed by atoms with E-state index in [0.29, 0.717) is 5.69 Å². The number of carbonyl (C=O) groups is 1. The molecule has 0 saturated carbocycles. The molecule has 0 radical (unpaired) electrons. The predicted molar refractivity (Wildman–Crippen MR) is 76.8 cm³/mol. The second-order valence-corrected chi connectivity index (χ2v) is 4.29. The van der Waals surface area contributed by atoms with Crippen LogP contribution in [-0.4, -0.2) is 15.9 Å². The van der Waals surface area contributed by atoms with Gasteiger partial charge in [0.2, 0.25) is 5.56 Å². The molecular weight excluding hydrogens is 254 g/mol. The molecule has 0 fully saturated rings. The number of carbonyl (C=O) groups excluding carboxylic acids is 1. The van der Waals surface area contributed by atoms with Crippen molar-refractivity contribution in [3.8, 4) is 0 Å². The van der Waals surface area contributed by atoms with Gasteiger partial charge in [-0.3, -0.25) is 14.6 Å². The van der Waals surface area contributed by atoms with Crippen LogP contribution >= 0.6 is 0 Å². The topological polar surface area (TPSA) is 74.8 Å². The molecule has 1 aromatic carbocycles. The normalized spacial score (nSPS) is 10.4. The molecule has 0 saturated heterocycles. The molecule has 5 heteroatoms. The molecule has 3 aromatic rings. The van der Waals surface area contributed by atoms with Gasteiger partial charge >= 0.3 is 0 Å². The van der Waals surface area contributed by atoms with Gasteiger partial charge in [0.25, 0.3) is 5.91 Å².